The molecule has 0 radical (unpaired) electrons. The van der Waals surface area contributed by atoms with E-state index in [9.17, 15) is 4.79 Å². The number of carboxylic acid groups (broad SMARTS) is 1. The molecule has 2 rings (SSSR count). The van der Waals surface area contributed by atoms with Crippen molar-refractivity contribution in [1.29, 1.82) is 0 Å². The third-order valence-electron chi connectivity index (χ3n) is 2.00. The van der Waals surface area contributed by atoms with E-state index in [1.165, 1.54) is 0 Å². The van der Waals surface area contributed by atoms with Crippen molar-refractivity contribution in [3.05, 3.63) is 43.4 Å². The Labute approximate surface area is 110 Å². The highest BCUT2D eigenvalue weighted by molar-refractivity contribution is 5.85. The number of oxazole rings is 1. The number of aromatic nitrogens is 2. The van der Waals surface area contributed by atoms with Crippen LogP contribution in [0.15, 0.2) is 42.2 Å². The number of carbonyl (C=O) groups is 1. The fourth-order valence-corrected chi connectivity index (χ4v) is 1.27. The van der Waals surface area contributed by atoms with Gasteiger partial charge in [-0.25, -0.2) is 14.8 Å². The summed E-state index contributed by atoms with van der Waals surface area (Å²) < 4.78 is 10.3. The topological polar surface area (TPSA) is 85.5 Å². The summed E-state index contributed by atoms with van der Waals surface area (Å²) in [5.41, 5.74) is 0.491. The van der Waals surface area contributed by atoms with Crippen LogP contribution in [-0.2, 0) is 0 Å². The molecule has 1 N–H and O–H groups in total. The molecule has 2 aromatic heterocycles. The molecule has 2 aromatic rings. The van der Waals surface area contributed by atoms with Gasteiger partial charge in [-0.05, 0) is 13.0 Å². The van der Waals surface area contributed by atoms with Gasteiger partial charge in [0.1, 0.15) is 6.26 Å². The Hall–Kier alpha value is -2.63. The second kappa shape index (κ2) is 6.95. The molecule has 0 amide bonds. The van der Waals surface area contributed by atoms with Gasteiger partial charge in [-0.15, -0.1) is 13.2 Å². The van der Waals surface area contributed by atoms with E-state index in [0.29, 0.717) is 18.1 Å². The average Bonchev–Trinajstić information content (AvgIpc) is 2.92. The monoisotopic (exact) mass is 262 g/mol. The predicted octanol–water partition coefficient (Wildman–Crippen LogP) is 2.64. The molecular formula is C13H14N2O4. The van der Waals surface area contributed by atoms with Crippen molar-refractivity contribution < 1.29 is 19.1 Å². The minimum Gasteiger partial charge on any atom is -0.478 e. The maximum Gasteiger partial charge on any atom is 0.357 e. The van der Waals surface area contributed by atoms with E-state index in [2.05, 4.69) is 23.1 Å². The van der Waals surface area contributed by atoms with Crippen LogP contribution in [0.4, 0.5) is 0 Å². The van der Waals surface area contributed by atoms with Crippen molar-refractivity contribution >= 4 is 5.97 Å². The molecule has 19 heavy (non-hydrogen) atoms. The summed E-state index contributed by atoms with van der Waals surface area (Å²) in [4.78, 5) is 18.5. The number of rotatable bonds is 4. The highest BCUT2D eigenvalue weighted by Gasteiger charge is 2.12. The molecule has 0 fully saturated rings. The molecule has 6 nitrogen and oxygen atoms in total. The predicted molar refractivity (Wildman–Crippen MR) is 69.1 cm³/mol. The molecule has 0 saturated carbocycles. The Kier molecular flexibility index (Phi) is 5.28. The summed E-state index contributed by atoms with van der Waals surface area (Å²) in [5, 5.41) is 8.72. The van der Waals surface area contributed by atoms with Gasteiger partial charge in [0, 0.05) is 17.8 Å². The third-order valence-corrected chi connectivity index (χ3v) is 2.00. The minimum atomic E-state index is -1.13. The van der Waals surface area contributed by atoms with Crippen molar-refractivity contribution in [3.63, 3.8) is 0 Å². The molecule has 100 valence electrons. The van der Waals surface area contributed by atoms with Gasteiger partial charge in [0.2, 0.25) is 11.8 Å². The van der Waals surface area contributed by atoms with Crippen LogP contribution in [0, 0.1) is 0 Å². The smallest absolute Gasteiger partial charge is 0.357 e. The van der Waals surface area contributed by atoms with E-state index in [1.807, 2.05) is 6.92 Å². The SMILES string of the molecule is C=C.CCOc1cc(-c2nc(C(=O)O)co2)ccn1. The van der Waals surface area contributed by atoms with Crippen LogP contribution in [0.1, 0.15) is 17.4 Å². The van der Waals surface area contributed by atoms with Crippen LogP contribution in [0.3, 0.4) is 0 Å². The van der Waals surface area contributed by atoms with Crippen LogP contribution >= 0.6 is 0 Å². The van der Waals surface area contributed by atoms with E-state index < -0.39 is 5.97 Å². The van der Waals surface area contributed by atoms with Crippen LogP contribution in [0.25, 0.3) is 11.5 Å². The van der Waals surface area contributed by atoms with Gasteiger partial charge in [-0.2, -0.15) is 0 Å². The van der Waals surface area contributed by atoms with Gasteiger partial charge in [0.25, 0.3) is 0 Å². The van der Waals surface area contributed by atoms with Crippen molar-refractivity contribution in [2.75, 3.05) is 6.61 Å². The molecule has 0 aliphatic heterocycles. The van der Waals surface area contributed by atoms with E-state index in [-0.39, 0.29) is 11.6 Å². The number of aromatic carboxylic acids is 1. The summed E-state index contributed by atoms with van der Waals surface area (Å²) in [6.07, 6.45) is 2.64. The zero-order chi connectivity index (χ0) is 14.3. The fourth-order valence-electron chi connectivity index (χ4n) is 1.27. The Morgan fingerprint density at radius 1 is 1.53 bits per heavy atom. The standard InChI is InChI=1S/C11H10N2O4.C2H4/c1-2-16-9-5-7(3-4-12-9)10-13-8(6-17-10)11(14)15;1-2/h3-6H,2H2,1H3,(H,14,15);1-2H2. The van der Waals surface area contributed by atoms with Crippen LogP contribution in [0.2, 0.25) is 0 Å². The van der Waals surface area contributed by atoms with Crippen molar-refractivity contribution in [3.8, 4) is 17.3 Å². The first kappa shape index (κ1) is 14.4. The first-order valence-electron chi connectivity index (χ1n) is 5.48. The highest BCUT2D eigenvalue weighted by Crippen LogP contribution is 2.21. The van der Waals surface area contributed by atoms with Gasteiger partial charge in [0.15, 0.2) is 5.69 Å². The summed E-state index contributed by atoms with van der Waals surface area (Å²) in [6.45, 7) is 8.35. The minimum absolute atomic E-state index is 0.130. The second-order valence-corrected chi connectivity index (χ2v) is 3.16. The molecule has 0 atom stereocenters. The maximum absolute atomic E-state index is 10.7. The molecular weight excluding hydrogens is 248 g/mol. The molecule has 0 unspecified atom stereocenters. The molecule has 0 bridgehead atoms. The van der Waals surface area contributed by atoms with E-state index in [4.69, 9.17) is 14.3 Å². The lowest BCUT2D eigenvalue weighted by atomic mass is 10.2. The first-order valence-corrected chi connectivity index (χ1v) is 5.48. The summed E-state index contributed by atoms with van der Waals surface area (Å²) in [5.74, 6) is -0.454. The Morgan fingerprint density at radius 2 is 2.26 bits per heavy atom. The van der Waals surface area contributed by atoms with Gasteiger partial charge in [-0.1, -0.05) is 0 Å². The van der Waals surface area contributed by atoms with Crippen molar-refractivity contribution in [2.45, 2.75) is 6.92 Å². The number of nitrogens with zero attached hydrogens (tertiary/aromatic N) is 2. The lowest BCUT2D eigenvalue weighted by Crippen LogP contribution is -1.96. The lowest BCUT2D eigenvalue weighted by molar-refractivity contribution is 0.0690. The van der Waals surface area contributed by atoms with E-state index in [0.717, 1.165) is 6.26 Å². The molecule has 0 aliphatic carbocycles. The number of hydrogen-bond donors (Lipinski definition) is 1. The molecule has 0 saturated heterocycles. The second-order valence-electron chi connectivity index (χ2n) is 3.16. The quantitative estimate of drug-likeness (QED) is 0.852. The number of pyridine rings is 1. The Morgan fingerprint density at radius 3 is 2.84 bits per heavy atom. The first-order chi connectivity index (χ1) is 9.20. The lowest BCUT2D eigenvalue weighted by Gasteiger charge is -2.01. The average molecular weight is 262 g/mol. The van der Waals surface area contributed by atoms with Crippen LogP contribution in [0.5, 0.6) is 5.88 Å². The van der Waals surface area contributed by atoms with Crippen LogP contribution in [-0.4, -0.2) is 27.7 Å². The number of carboxylic acids is 1. The van der Waals surface area contributed by atoms with Gasteiger partial charge < -0.3 is 14.3 Å². The number of hydrogen-bond acceptors (Lipinski definition) is 5. The molecule has 0 aliphatic rings. The van der Waals surface area contributed by atoms with Crippen molar-refractivity contribution in [2.24, 2.45) is 0 Å². The normalized spacial score (nSPS) is 9.32. The van der Waals surface area contributed by atoms with Gasteiger partial charge in [0.05, 0.1) is 6.61 Å². The summed E-state index contributed by atoms with van der Waals surface area (Å²) in [6, 6.07) is 3.31. The Bertz CT molecular complexity index is 551. The zero-order valence-corrected chi connectivity index (χ0v) is 10.5. The third kappa shape index (κ3) is 3.67. The summed E-state index contributed by atoms with van der Waals surface area (Å²) >= 11 is 0. The molecule has 6 heteroatoms. The largest absolute Gasteiger partial charge is 0.478 e. The zero-order valence-electron chi connectivity index (χ0n) is 10.5. The van der Waals surface area contributed by atoms with E-state index >= 15 is 0 Å². The number of ether oxygens (including phenoxy) is 1. The fraction of sp³-hybridized carbons (Fsp3) is 0.154. The van der Waals surface area contributed by atoms with Gasteiger partial charge in [-0.3, -0.25) is 0 Å². The van der Waals surface area contributed by atoms with Gasteiger partial charge >= 0.3 is 5.97 Å². The van der Waals surface area contributed by atoms with E-state index in [1.54, 1.807) is 18.3 Å². The molecule has 2 heterocycles. The molecule has 0 aromatic carbocycles. The summed E-state index contributed by atoms with van der Waals surface area (Å²) in [7, 11) is 0. The highest BCUT2D eigenvalue weighted by atomic mass is 16.5. The Balaban J connectivity index is 0.000000861. The van der Waals surface area contributed by atoms with Crippen LogP contribution < -0.4 is 4.74 Å². The maximum atomic E-state index is 10.7. The van der Waals surface area contributed by atoms with Crippen molar-refractivity contribution in [1.82, 2.24) is 9.97 Å². The molecule has 0 spiro atoms.